The number of primary amides is 2. The van der Waals surface area contributed by atoms with E-state index in [0.29, 0.717) is 29.4 Å². The van der Waals surface area contributed by atoms with Crippen molar-refractivity contribution in [1.82, 2.24) is 0 Å². The monoisotopic (exact) mass is 463 g/mol. The largest absolute Gasteiger partial charge is 0.369 e. The average Bonchev–Trinajstić information content (AvgIpc) is 3.32. The number of halogens is 2. The number of benzene rings is 1. The van der Waals surface area contributed by atoms with E-state index in [2.05, 4.69) is 22.0 Å². The fourth-order valence-electron chi connectivity index (χ4n) is 6.55. The van der Waals surface area contributed by atoms with Gasteiger partial charge in [0.1, 0.15) is 5.82 Å². The van der Waals surface area contributed by atoms with E-state index < -0.39 is 28.5 Å². The van der Waals surface area contributed by atoms with Gasteiger partial charge in [0.25, 0.3) is 0 Å². The van der Waals surface area contributed by atoms with E-state index in [1.54, 1.807) is 12.1 Å². The minimum atomic E-state index is -1.24. The zero-order valence-corrected chi connectivity index (χ0v) is 17.9. The third-order valence-corrected chi connectivity index (χ3v) is 8.30. The molecule has 3 aliphatic rings. The molecule has 3 aliphatic carbocycles. The molecule has 4 atom stereocenters. The lowest BCUT2D eigenvalue weighted by Gasteiger charge is -2.48. The van der Waals surface area contributed by atoms with E-state index in [0.717, 1.165) is 19.3 Å². The van der Waals surface area contributed by atoms with Gasteiger partial charge in [0.05, 0.1) is 10.8 Å². The smallest absolute Gasteiger partial charge is 0.225 e. The Bertz CT molecular complexity index is 900. The maximum atomic E-state index is 14.8. The molecule has 2 bridgehead atoms. The number of allylic oxidation sites excluding steroid dienone is 2. The molecule has 7 heteroatoms. The minimum Gasteiger partial charge on any atom is -0.369 e. The van der Waals surface area contributed by atoms with Gasteiger partial charge >= 0.3 is 0 Å². The third-order valence-electron chi connectivity index (χ3n) is 7.81. The van der Waals surface area contributed by atoms with Crippen molar-refractivity contribution in [2.45, 2.75) is 38.5 Å². The van der Waals surface area contributed by atoms with E-state index >= 15 is 0 Å². The summed E-state index contributed by atoms with van der Waals surface area (Å²) in [5.74, 6) is -1.83. The number of carbonyl (C=O) groups excluding carboxylic acids is 2. The van der Waals surface area contributed by atoms with Crippen LogP contribution in [0.4, 0.5) is 4.39 Å². The van der Waals surface area contributed by atoms with Crippen LogP contribution in [0.5, 0.6) is 0 Å². The Labute approximate surface area is 178 Å². The van der Waals surface area contributed by atoms with Gasteiger partial charge in [-0.3, -0.25) is 9.59 Å². The van der Waals surface area contributed by atoms with Crippen molar-refractivity contribution in [2.24, 2.45) is 45.3 Å². The highest BCUT2D eigenvalue weighted by Crippen LogP contribution is 2.81. The Morgan fingerprint density at radius 1 is 1.07 bits per heavy atom. The highest BCUT2D eigenvalue weighted by Gasteiger charge is 2.81. The van der Waals surface area contributed by atoms with E-state index in [1.165, 1.54) is 6.07 Å². The quantitative estimate of drug-likeness (QED) is 0.406. The SMILES string of the molecule is NCCCC[C@@]1(C(N)=O)[C@@H]2C=C[C@@H](C23CC3)[C@@]1(Cc1ccc(Br)cc1F)C(N)=O. The molecule has 0 aliphatic heterocycles. The van der Waals surface area contributed by atoms with Crippen LogP contribution < -0.4 is 17.2 Å². The van der Waals surface area contributed by atoms with Gasteiger partial charge in [-0.1, -0.05) is 40.6 Å². The highest BCUT2D eigenvalue weighted by atomic mass is 79.9. The molecule has 2 saturated carbocycles. The molecular formula is C22H27BrFN3O2. The third kappa shape index (κ3) is 2.59. The van der Waals surface area contributed by atoms with Crippen LogP contribution >= 0.6 is 15.9 Å². The summed E-state index contributed by atoms with van der Waals surface area (Å²) in [4.78, 5) is 26.3. The summed E-state index contributed by atoms with van der Waals surface area (Å²) < 4.78 is 15.4. The predicted octanol–water partition coefficient (Wildman–Crippen LogP) is 2.80. The van der Waals surface area contributed by atoms with Gasteiger partial charge in [-0.25, -0.2) is 4.39 Å². The zero-order valence-electron chi connectivity index (χ0n) is 16.3. The summed E-state index contributed by atoms with van der Waals surface area (Å²) in [5.41, 5.74) is 15.7. The lowest BCUT2D eigenvalue weighted by molar-refractivity contribution is -0.151. The molecule has 0 aromatic heterocycles. The first-order chi connectivity index (χ1) is 13.8. The maximum Gasteiger partial charge on any atom is 0.225 e. The Morgan fingerprint density at radius 2 is 1.69 bits per heavy atom. The molecular weight excluding hydrogens is 437 g/mol. The van der Waals surface area contributed by atoms with Crippen molar-refractivity contribution in [3.63, 3.8) is 0 Å². The van der Waals surface area contributed by atoms with Crippen LogP contribution in [0, 0.1) is 33.9 Å². The minimum absolute atomic E-state index is 0.0697. The van der Waals surface area contributed by atoms with Gasteiger partial charge < -0.3 is 17.2 Å². The Kier molecular flexibility index (Phi) is 4.89. The van der Waals surface area contributed by atoms with Crippen molar-refractivity contribution >= 4 is 27.7 Å². The van der Waals surface area contributed by atoms with Crippen LogP contribution in [0.3, 0.4) is 0 Å². The maximum absolute atomic E-state index is 14.8. The number of nitrogens with two attached hydrogens (primary N) is 3. The molecule has 156 valence electrons. The van der Waals surface area contributed by atoms with Crippen molar-refractivity contribution in [3.8, 4) is 0 Å². The second-order valence-corrected chi connectivity index (χ2v) is 9.82. The van der Waals surface area contributed by atoms with Gasteiger partial charge in [0, 0.05) is 4.47 Å². The summed E-state index contributed by atoms with van der Waals surface area (Å²) in [6.07, 6.45) is 7.86. The molecule has 0 saturated heterocycles. The van der Waals surface area contributed by atoms with Crippen molar-refractivity contribution in [1.29, 1.82) is 0 Å². The van der Waals surface area contributed by atoms with Crippen LogP contribution in [0.1, 0.15) is 37.7 Å². The van der Waals surface area contributed by atoms with Gasteiger partial charge in [-0.15, -0.1) is 0 Å². The van der Waals surface area contributed by atoms with Gasteiger partial charge in [-0.2, -0.15) is 0 Å². The molecule has 0 radical (unpaired) electrons. The Morgan fingerprint density at radius 3 is 2.21 bits per heavy atom. The Hall–Kier alpha value is -1.73. The van der Waals surface area contributed by atoms with E-state index in [9.17, 15) is 14.0 Å². The number of carbonyl (C=O) groups is 2. The molecule has 0 unspecified atom stereocenters. The summed E-state index contributed by atoms with van der Waals surface area (Å²) in [5, 5.41) is 0. The molecule has 6 N–H and O–H groups in total. The first-order valence-corrected chi connectivity index (χ1v) is 11.0. The molecule has 2 amide bonds. The molecule has 1 aromatic rings. The lowest BCUT2D eigenvalue weighted by atomic mass is 9.53. The molecule has 2 fully saturated rings. The van der Waals surface area contributed by atoms with Crippen molar-refractivity contribution < 1.29 is 14.0 Å². The van der Waals surface area contributed by atoms with E-state index in [1.807, 2.05) is 6.08 Å². The summed E-state index contributed by atoms with van der Waals surface area (Å²) in [7, 11) is 0. The second kappa shape index (κ2) is 6.91. The normalized spacial score (nSPS) is 33.3. The van der Waals surface area contributed by atoms with Crippen LogP contribution in [-0.4, -0.2) is 18.4 Å². The number of hydrogen-bond acceptors (Lipinski definition) is 3. The summed E-state index contributed by atoms with van der Waals surface area (Å²) in [6.45, 7) is 0.495. The van der Waals surface area contributed by atoms with Gasteiger partial charge in [0.2, 0.25) is 11.8 Å². The number of rotatable bonds is 8. The molecule has 5 nitrogen and oxygen atoms in total. The van der Waals surface area contributed by atoms with Gasteiger partial charge in [0.15, 0.2) is 0 Å². The van der Waals surface area contributed by atoms with Crippen LogP contribution in [0.25, 0.3) is 0 Å². The van der Waals surface area contributed by atoms with Crippen LogP contribution in [-0.2, 0) is 16.0 Å². The molecule has 29 heavy (non-hydrogen) atoms. The number of hydrogen-bond donors (Lipinski definition) is 3. The van der Waals surface area contributed by atoms with Gasteiger partial charge in [-0.05, 0) is 73.6 Å². The van der Waals surface area contributed by atoms with Crippen molar-refractivity contribution in [3.05, 3.63) is 46.2 Å². The van der Waals surface area contributed by atoms with Crippen LogP contribution in [0.15, 0.2) is 34.8 Å². The van der Waals surface area contributed by atoms with Crippen molar-refractivity contribution in [2.75, 3.05) is 6.54 Å². The highest BCUT2D eigenvalue weighted by molar-refractivity contribution is 9.10. The first kappa shape index (κ1) is 20.5. The van der Waals surface area contributed by atoms with E-state index in [-0.39, 0.29) is 23.7 Å². The van der Waals surface area contributed by atoms with E-state index in [4.69, 9.17) is 17.2 Å². The molecule has 0 heterocycles. The summed E-state index contributed by atoms with van der Waals surface area (Å²) in [6, 6.07) is 4.77. The molecule has 1 spiro atoms. The summed E-state index contributed by atoms with van der Waals surface area (Å²) >= 11 is 3.27. The first-order valence-electron chi connectivity index (χ1n) is 10.2. The second-order valence-electron chi connectivity index (χ2n) is 8.90. The molecule has 1 aromatic carbocycles. The standard InChI is InChI=1S/C22H27BrFN3O2/c23-14-4-3-13(15(24)11-14)12-22(19(27)29)17-6-5-16(20(17)8-9-20)21(22,18(26)28)7-1-2-10-25/h3-6,11,16-17H,1-2,7-10,12,25H2,(H2,26,28)(H2,27,29)/t16-,17+,21+,22+/m1/s1. The fraction of sp³-hybridized carbons (Fsp3) is 0.545. The lowest BCUT2D eigenvalue weighted by Crippen LogP contribution is -2.60. The average molecular weight is 464 g/mol. The number of unbranched alkanes of at least 4 members (excludes halogenated alkanes) is 1. The topological polar surface area (TPSA) is 112 Å². The fourth-order valence-corrected chi connectivity index (χ4v) is 6.88. The number of amides is 2. The Balaban J connectivity index is 1.89. The zero-order chi connectivity index (χ0) is 21.0. The predicted molar refractivity (Wildman–Crippen MR) is 112 cm³/mol. The molecule has 4 rings (SSSR count). The van der Waals surface area contributed by atoms with Crippen LogP contribution in [0.2, 0.25) is 0 Å².